The maximum atomic E-state index is 12.2. The molecular formula is C15H16N2O3S. The number of primary amides is 1. The van der Waals surface area contributed by atoms with E-state index in [9.17, 15) is 13.2 Å². The summed E-state index contributed by atoms with van der Waals surface area (Å²) in [5.41, 5.74) is 7.29. The summed E-state index contributed by atoms with van der Waals surface area (Å²) in [6, 6.07) is 13.5. The summed E-state index contributed by atoms with van der Waals surface area (Å²) in [5.74, 6) is -0.843. The van der Waals surface area contributed by atoms with E-state index in [0.717, 1.165) is 5.56 Å². The lowest BCUT2D eigenvalue weighted by atomic mass is 10.2. The fourth-order valence-electron chi connectivity index (χ4n) is 1.89. The first-order valence-corrected chi connectivity index (χ1v) is 7.97. The lowest BCUT2D eigenvalue weighted by Gasteiger charge is -2.11. The Morgan fingerprint density at radius 1 is 1.10 bits per heavy atom. The van der Waals surface area contributed by atoms with E-state index in [2.05, 4.69) is 4.72 Å². The van der Waals surface area contributed by atoms with Gasteiger partial charge in [-0.15, -0.1) is 0 Å². The summed E-state index contributed by atoms with van der Waals surface area (Å²) in [7, 11) is -3.61. The average Bonchev–Trinajstić information content (AvgIpc) is 2.41. The van der Waals surface area contributed by atoms with Gasteiger partial charge in [0.15, 0.2) is 0 Å². The molecule has 0 unspecified atom stereocenters. The fraction of sp³-hybridized carbons (Fsp3) is 0.133. The van der Waals surface area contributed by atoms with Crippen LogP contribution in [0.25, 0.3) is 0 Å². The Morgan fingerprint density at radius 3 is 2.33 bits per heavy atom. The molecule has 2 rings (SSSR count). The zero-order chi connectivity index (χ0) is 15.5. The molecule has 2 aromatic rings. The maximum Gasteiger partial charge on any atom is 0.250 e. The Labute approximate surface area is 123 Å². The van der Waals surface area contributed by atoms with E-state index >= 15 is 0 Å². The maximum absolute atomic E-state index is 12.2. The van der Waals surface area contributed by atoms with Gasteiger partial charge in [0.2, 0.25) is 10.0 Å². The van der Waals surface area contributed by atoms with Gasteiger partial charge in [-0.3, -0.25) is 9.52 Å². The molecule has 0 atom stereocenters. The molecule has 0 aliphatic heterocycles. The Hall–Kier alpha value is -2.34. The van der Waals surface area contributed by atoms with Crippen molar-refractivity contribution in [1.82, 2.24) is 0 Å². The SMILES string of the molecule is Cc1ccc(CS(=O)(=O)Nc2ccccc2C(N)=O)cc1. The molecule has 0 aliphatic carbocycles. The number of nitrogens with one attached hydrogen (secondary N) is 1. The van der Waals surface area contributed by atoms with Crippen LogP contribution < -0.4 is 10.5 Å². The van der Waals surface area contributed by atoms with Crippen molar-refractivity contribution in [2.45, 2.75) is 12.7 Å². The molecule has 0 aromatic heterocycles. The second kappa shape index (κ2) is 5.97. The number of amides is 1. The van der Waals surface area contributed by atoms with E-state index in [1.807, 2.05) is 19.1 Å². The van der Waals surface area contributed by atoms with Gasteiger partial charge in [0.05, 0.1) is 17.0 Å². The Kier molecular flexibility index (Phi) is 4.28. The largest absolute Gasteiger partial charge is 0.366 e. The standard InChI is InChI=1S/C15H16N2O3S/c1-11-6-8-12(9-7-11)10-21(19,20)17-14-5-3-2-4-13(14)15(16)18/h2-9,17H,10H2,1H3,(H2,16,18). The zero-order valence-electron chi connectivity index (χ0n) is 11.5. The van der Waals surface area contributed by atoms with Crippen molar-refractivity contribution in [2.24, 2.45) is 5.73 Å². The van der Waals surface area contributed by atoms with Crippen LogP contribution in [0.1, 0.15) is 21.5 Å². The van der Waals surface area contributed by atoms with Gasteiger partial charge < -0.3 is 5.73 Å². The van der Waals surface area contributed by atoms with E-state index in [-0.39, 0.29) is 17.0 Å². The number of hydrogen-bond donors (Lipinski definition) is 2. The van der Waals surface area contributed by atoms with E-state index in [1.165, 1.54) is 12.1 Å². The molecule has 0 spiro atoms. The predicted molar refractivity (Wildman–Crippen MR) is 82.4 cm³/mol. The monoisotopic (exact) mass is 304 g/mol. The number of benzene rings is 2. The molecule has 21 heavy (non-hydrogen) atoms. The van der Waals surface area contributed by atoms with Crippen LogP contribution in [-0.2, 0) is 15.8 Å². The van der Waals surface area contributed by atoms with Gasteiger partial charge in [0.1, 0.15) is 0 Å². The minimum absolute atomic E-state index is 0.144. The van der Waals surface area contributed by atoms with Crippen LogP contribution in [0.15, 0.2) is 48.5 Å². The molecular weight excluding hydrogens is 288 g/mol. The van der Waals surface area contributed by atoms with Crippen molar-refractivity contribution < 1.29 is 13.2 Å². The Balaban J connectivity index is 2.22. The van der Waals surface area contributed by atoms with Crippen LogP contribution in [0, 0.1) is 6.92 Å². The molecule has 0 radical (unpaired) electrons. The van der Waals surface area contributed by atoms with Crippen LogP contribution in [0.2, 0.25) is 0 Å². The molecule has 5 nitrogen and oxygen atoms in total. The number of para-hydroxylation sites is 1. The highest BCUT2D eigenvalue weighted by Gasteiger charge is 2.15. The van der Waals surface area contributed by atoms with Crippen LogP contribution in [0.4, 0.5) is 5.69 Å². The number of anilines is 1. The molecule has 110 valence electrons. The van der Waals surface area contributed by atoms with Gasteiger partial charge in [-0.1, -0.05) is 42.0 Å². The molecule has 2 aromatic carbocycles. The normalized spacial score (nSPS) is 11.1. The lowest BCUT2D eigenvalue weighted by Crippen LogP contribution is -2.19. The van der Waals surface area contributed by atoms with E-state index in [0.29, 0.717) is 5.56 Å². The number of carbonyl (C=O) groups is 1. The number of nitrogens with two attached hydrogens (primary N) is 1. The summed E-state index contributed by atoms with van der Waals surface area (Å²) in [5, 5.41) is 0. The summed E-state index contributed by atoms with van der Waals surface area (Å²) in [4.78, 5) is 11.3. The Bertz CT molecular complexity index is 753. The number of hydrogen-bond acceptors (Lipinski definition) is 3. The first-order chi connectivity index (χ1) is 9.87. The number of carbonyl (C=O) groups excluding carboxylic acids is 1. The molecule has 0 saturated heterocycles. The van der Waals surface area contributed by atoms with Gasteiger partial charge in [-0.2, -0.15) is 0 Å². The van der Waals surface area contributed by atoms with Gasteiger partial charge >= 0.3 is 0 Å². The minimum Gasteiger partial charge on any atom is -0.366 e. The van der Waals surface area contributed by atoms with Crippen LogP contribution in [-0.4, -0.2) is 14.3 Å². The van der Waals surface area contributed by atoms with Gasteiger partial charge in [-0.25, -0.2) is 8.42 Å². The van der Waals surface area contributed by atoms with E-state index in [4.69, 9.17) is 5.73 Å². The van der Waals surface area contributed by atoms with Gasteiger partial charge in [0.25, 0.3) is 5.91 Å². The van der Waals surface area contributed by atoms with Crippen molar-refractivity contribution in [2.75, 3.05) is 4.72 Å². The molecule has 0 fully saturated rings. The van der Waals surface area contributed by atoms with Crippen molar-refractivity contribution in [3.8, 4) is 0 Å². The lowest BCUT2D eigenvalue weighted by molar-refractivity contribution is 0.100. The summed E-state index contributed by atoms with van der Waals surface area (Å²) >= 11 is 0. The van der Waals surface area contributed by atoms with Gasteiger partial charge in [-0.05, 0) is 24.6 Å². The first-order valence-electron chi connectivity index (χ1n) is 6.32. The number of rotatable bonds is 5. The zero-order valence-corrected chi connectivity index (χ0v) is 12.4. The second-order valence-electron chi connectivity index (χ2n) is 4.76. The summed E-state index contributed by atoms with van der Waals surface area (Å²) in [6.07, 6.45) is 0. The van der Waals surface area contributed by atoms with Crippen molar-refractivity contribution >= 4 is 21.6 Å². The van der Waals surface area contributed by atoms with Crippen LogP contribution in [0.3, 0.4) is 0 Å². The molecule has 0 saturated carbocycles. The molecule has 1 amide bonds. The number of sulfonamides is 1. The molecule has 0 bridgehead atoms. The summed E-state index contributed by atoms with van der Waals surface area (Å²) in [6.45, 7) is 1.93. The van der Waals surface area contributed by atoms with Crippen molar-refractivity contribution in [3.05, 3.63) is 65.2 Å². The quantitative estimate of drug-likeness (QED) is 0.885. The van der Waals surface area contributed by atoms with Crippen molar-refractivity contribution in [3.63, 3.8) is 0 Å². The van der Waals surface area contributed by atoms with Gasteiger partial charge in [0, 0.05) is 0 Å². The fourth-order valence-corrected chi connectivity index (χ4v) is 3.11. The smallest absolute Gasteiger partial charge is 0.250 e. The number of aryl methyl sites for hydroxylation is 1. The third kappa shape index (κ3) is 4.06. The highest BCUT2D eigenvalue weighted by atomic mass is 32.2. The highest BCUT2D eigenvalue weighted by Crippen LogP contribution is 2.17. The average molecular weight is 304 g/mol. The molecule has 0 heterocycles. The first kappa shape index (κ1) is 15.1. The third-order valence-corrected chi connectivity index (χ3v) is 4.18. The molecule has 6 heteroatoms. The topological polar surface area (TPSA) is 89.3 Å². The van der Waals surface area contributed by atoms with Crippen LogP contribution >= 0.6 is 0 Å². The third-order valence-electron chi connectivity index (χ3n) is 2.94. The van der Waals surface area contributed by atoms with Crippen molar-refractivity contribution in [1.29, 1.82) is 0 Å². The Morgan fingerprint density at radius 2 is 1.71 bits per heavy atom. The second-order valence-corrected chi connectivity index (χ2v) is 6.48. The molecule has 3 N–H and O–H groups in total. The van der Waals surface area contributed by atoms with E-state index < -0.39 is 15.9 Å². The van der Waals surface area contributed by atoms with E-state index in [1.54, 1.807) is 24.3 Å². The molecule has 0 aliphatic rings. The predicted octanol–water partition coefficient (Wildman–Crippen LogP) is 2.04. The highest BCUT2D eigenvalue weighted by molar-refractivity contribution is 7.91. The summed E-state index contributed by atoms with van der Waals surface area (Å²) < 4.78 is 26.7. The minimum atomic E-state index is -3.61. The van der Waals surface area contributed by atoms with Crippen LogP contribution in [0.5, 0.6) is 0 Å².